The number of primary sulfonamides is 1. The zero-order chi connectivity index (χ0) is 14.0. The highest BCUT2D eigenvalue weighted by atomic mass is 32.2. The maximum absolute atomic E-state index is 13.8. The second-order valence-electron chi connectivity index (χ2n) is 4.06. The Bertz CT molecular complexity index is 695. The van der Waals surface area contributed by atoms with Crippen LogP contribution in [0.4, 0.5) is 4.39 Å². The van der Waals surface area contributed by atoms with E-state index >= 15 is 0 Å². The molecule has 0 amide bonds. The van der Waals surface area contributed by atoms with Crippen molar-refractivity contribution in [2.75, 3.05) is 11.5 Å². The highest BCUT2D eigenvalue weighted by Crippen LogP contribution is 2.27. The SMILES string of the molecule is CCSCCn1cc(S(N)(=O)=O)c2c(F)cccc21. The first-order valence-corrected chi connectivity index (χ1v) is 8.53. The number of nitrogens with two attached hydrogens (primary N) is 1. The Hall–Kier alpha value is -1.05. The molecule has 104 valence electrons. The number of aromatic nitrogens is 1. The minimum Gasteiger partial charge on any atom is -0.345 e. The molecule has 0 atom stereocenters. The number of sulfonamides is 1. The summed E-state index contributed by atoms with van der Waals surface area (Å²) in [5, 5.41) is 5.22. The van der Waals surface area contributed by atoms with Gasteiger partial charge in [0, 0.05) is 18.5 Å². The van der Waals surface area contributed by atoms with Crippen molar-refractivity contribution in [1.82, 2.24) is 4.57 Å². The normalized spacial score (nSPS) is 12.2. The largest absolute Gasteiger partial charge is 0.345 e. The third-order valence-electron chi connectivity index (χ3n) is 2.81. The molecule has 2 rings (SSSR count). The number of rotatable bonds is 5. The lowest BCUT2D eigenvalue weighted by Gasteiger charge is -2.04. The van der Waals surface area contributed by atoms with Gasteiger partial charge in [-0.15, -0.1) is 0 Å². The van der Waals surface area contributed by atoms with E-state index in [1.807, 2.05) is 6.92 Å². The number of thioether (sulfide) groups is 1. The molecule has 0 aliphatic heterocycles. The third-order valence-corrected chi connectivity index (χ3v) is 4.61. The quantitative estimate of drug-likeness (QED) is 0.861. The first-order chi connectivity index (χ1) is 8.95. The highest BCUT2D eigenvalue weighted by molar-refractivity contribution is 7.99. The first kappa shape index (κ1) is 14.4. The molecule has 0 aliphatic carbocycles. The molecule has 0 unspecified atom stereocenters. The van der Waals surface area contributed by atoms with Crippen molar-refractivity contribution < 1.29 is 12.8 Å². The van der Waals surface area contributed by atoms with E-state index in [1.54, 1.807) is 28.5 Å². The Kier molecular flexibility index (Phi) is 4.17. The van der Waals surface area contributed by atoms with Crippen LogP contribution in [-0.2, 0) is 16.6 Å². The van der Waals surface area contributed by atoms with Crippen LogP contribution >= 0.6 is 11.8 Å². The van der Waals surface area contributed by atoms with E-state index in [4.69, 9.17) is 5.14 Å². The fourth-order valence-corrected chi connectivity index (χ4v) is 3.35. The Balaban J connectivity index is 2.58. The molecule has 0 bridgehead atoms. The van der Waals surface area contributed by atoms with Crippen molar-refractivity contribution in [3.63, 3.8) is 0 Å². The number of benzene rings is 1. The van der Waals surface area contributed by atoms with Crippen molar-refractivity contribution in [2.45, 2.75) is 18.4 Å². The van der Waals surface area contributed by atoms with Crippen molar-refractivity contribution in [1.29, 1.82) is 0 Å². The smallest absolute Gasteiger partial charge is 0.240 e. The van der Waals surface area contributed by atoms with Crippen LogP contribution in [0.25, 0.3) is 10.9 Å². The van der Waals surface area contributed by atoms with Crippen LogP contribution in [-0.4, -0.2) is 24.5 Å². The summed E-state index contributed by atoms with van der Waals surface area (Å²) in [7, 11) is -3.93. The lowest BCUT2D eigenvalue weighted by molar-refractivity contribution is 0.596. The Labute approximate surface area is 115 Å². The van der Waals surface area contributed by atoms with E-state index in [2.05, 4.69) is 0 Å². The van der Waals surface area contributed by atoms with Crippen LogP contribution in [0.2, 0.25) is 0 Å². The average molecular weight is 302 g/mol. The predicted octanol–water partition coefficient (Wildman–Crippen LogP) is 2.18. The number of fused-ring (bicyclic) bond motifs is 1. The lowest BCUT2D eigenvalue weighted by atomic mass is 10.2. The molecule has 7 heteroatoms. The van der Waals surface area contributed by atoms with Crippen LogP contribution in [0.15, 0.2) is 29.3 Å². The summed E-state index contributed by atoms with van der Waals surface area (Å²) in [4.78, 5) is -0.151. The molecular weight excluding hydrogens is 287 g/mol. The summed E-state index contributed by atoms with van der Waals surface area (Å²) in [6, 6.07) is 4.50. The molecule has 0 aliphatic rings. The molecule has 0 saturated heterocycles. The molecule has 2 N–H and O–H groups in total. The first-order valence-electron chi connectivity index (χ1n) is 5.83. The fraction of sp³-hybridized carbons (Fsp3) is 0.333. The molecule has 0 spiro atoms. The molecule has 0 fully saturated rings. The van der Waals surface area contributed by atoms with E-state index in [0.717, 1.165) is 11.5 Å². The zero-order valence-electron chi connectivity index (χ0n) is 10.5. The molecule has 1 aromatic carbocycles. The maximum Gasteiger partial charge on any atom is 0.240 e. The molecule has 19 heavy (non-hydrogen) atoms. The molecule has 4 nitrogen and oxygen atoms in total. The number of hydrogen-bond donors (Lipinski definition) is 1. The van der Waals surface area contributed by atoms with Gasteiger partial charge in [0.2, 0.25) is 10.0 Å². The van der Waals surface area contributed by atoms with Gasteiger partial charge in [-0.05, 0) is 17.9 Å². The minimum atomic E-state index is -3.93. The van der Waals surface area contributed by atoms with E-state index < -0.39 is 15.8 Å². The molecule has 2 aromatic rings. The summed E-state index contributed by atoms with van der Waals surface area (Å²) in [6.45, 7) is 2.67. The third kappa shape index (κ3) is 2.93. The van der Waals surface area contributed by atoms with Crippen LogP contribution in [0.5, 0.6) is 0 Å². The number of halogens is 1. The molecule has 0 radical (unpaired) electrons. The van der Waals surface area contributed by atoms with Crippen LogP contribution < -0.4 is 5.14 Å². The summed E-state index contributed by atoms with van der Waals surface area (Å²) >= 11 is 1.74. The van der Waals surface area contributed by atoms with Gasteiger partial charge in [0.15, 0.2) is 0 Å². The van der Waals surface area contributed by atoms with Crippen molar-refractivity contribution >= 4 is 32.7 Å². The Morgan fingerprint density at radius 2 is 2.16 bits per heavy atom. The predicted molar refractivity (Wildman–Crippen MR) is 76.3 cm³/mol. The van der Waals surface area contributed by atoms with Gasteiger partial charge in [-0.25, -0.2) is 17.9 Å². The van der Waals surface area contributed by atoms with Crippen molar-refractivity contribution in [3.05, 3.63) is 30.2 Å². The molecule has 1 aromatic heterocycles. The van der Waals surface area contributed by atoms with Gasteiger partial charge >= 0.3 is 0 Å². The molecular formula is C12H15FN2O2S2. The summed E-state index contributed by atoms with van der Waals surface area (Å²) in [6.07, 6.45) is 1.42. The van der Waals surface area contributed by atoms with E-state index in [-0.39, 0.29) is 10.3 Å². The lowest BCUT2D eigenvalue weighted by Crippen LogP contribution is -2.12. The molecule has 0 saturated carbocycles. The highest BCUT2D eigenvalue weighted by Gasteiger charge is 2.19. The second kappa shape index (κ2) is 5.52. The van der Waals surface area contributed by atoms with E-state index in [9.17, 15) is 12.8 Å². The minimum absolute atomic E-state index is 0.0755. The van der Waals surface area contributed by atoms with Crippen LogP contribution in [0, 0.1) is 5.82 Å². The maximum atomic E-state index is 13.8. The summed E-state index contributed by atoms with van der Waals surface area (Å²) in [5.74, 6) is 1.25. The standard InChI is InChI=1S/C12H15FN2O2S2/c1-2-18-7-6-15-8-11(19(14,16)17)12-9(13)4-3-5-10(12)15/h3-5,8H,2,6-7H2,1H3,(H2,14,16,17). The van der Waals surface area contributed by atoms with Crippen LogP contribution in [0.1, 0.15) is 6.92 Å². The van der Waals surface area contributed by atoms with Gasteiger partial charge in [0.1, 0.15) is 10.7 Å². The number of nitrogens with zero attached hydrogens (tertiary/aromatic N) is 1. The second-order valence-corrected chi connectivity index (χ2v) is 6.99. The summed E-state index contributed by atoms with van der Waals surface area (Å²) in [5.41, 5.74) is 0.556. The zero-order valence-corrected chi connectivity index (χ0v) is 12.1. The van der Waals surface area contributed by atoms with Gasteiger partial charge < -0.3 is 4.57 Å². The van der Waals surface area contributed by atoms with E-state index in [1.165, 1.54) is 12.3 Å². The van der Waals surface area contributed by atoms with Crippen molar-refractivity contribution in [2.24, 2.45) is 5.14 Å². The van der Waals surface area contributed by atoms with E-state index in [0.29, 0.717) is 12.1 Å². The van der Waals surface area contributed by atoms with Crippen molar-refractivity contribution in [3.8, 4) is 0 Å². The Morgan fingerprint density at radius 1 is 1.42 bits per heavy atom. The topological polar surface area (TPSA) is 65.1 Å². The molecule has 1 heterocycles. The van der Waals surface area contributed by atoms with Gasteiger partial charge in [-0.3, -0.25) is 0 Å². The Morgan fingerprint density at radius 3 is 2.79 bits per heavy atom. The van der Waals surface area contributed by atoms with Gasteiger partial charge in [0.25, 0.3) is 0 Å². The number of hydrogen-bond acceptors (Lipinski definition) is 3. The fourth-order valence-electron chi connectivity index (χ4n) is 1.98. The average Bonchev–Trinajstić information content (AvgIpc) is 2.70. The monoisotopic (exact) mass is 302 g/mol. The van der Waals surface area contributed by atoms with Gasteiger partial charge in [-0.2, -0.15) is 11.8 Å². The van der Waals surface area contributed by atoms with Crippen LogP contribution in [0.3, 0.4) is 0 Å². The number of aryl methyl sites for hydroxylation is 1. The summed E-state index contributed by atoms with van der Waals surface area (Å²) < 4.78 is 38.6. The van der Waals surface area contributed by atoms with Gasteiger partial charge in [0.05, 0.1) is 10.9 Å². The van der Waals surface area contributed by atoms with Gasteiger partial charge in [-0.1, -0.05) is 13.0 Å².